The molecule has 1 aromatic carbocycles. The van der Waals surface area contributed by atoms with E-state index in [-0.39, 0.29) is 12.2 Å². The van der Waals surface area contributed by atoms with Gasteiger partial charge >= 0.3 is 0 Å². The highest BCUT2D eigenvalue weighted by molar-refractivity contribution is 5.37. The van der Waals surface area contributed by atoms with E-state index in [4.69, 9.17) is 14.2 Å². The third-order valence-electron chi connectivity index (χ3n) is 2.96. The van der Waals surface area contributed by atoms with Crippen LogP contribution in [0.5, 0.6) is 5.75 Å². The molecule has 4 nitrogen and oxygen atoms in total. The van der Waals surface area contributed by atoms with Crippen molar-refractivity contribution in [3.8, 4) is 5.75 Å². The number of para-hydroxylation sites is 1. The van der Waals surface area contributed by atoms with Crippen LogP contribution in [0.4, 0.5) is 0 Å². The third kappa shape index (κ3) is 3.02. The van der Waals surface area contributed by atoms with Crippen LogP contribution in [0.25, 0.3) is 0 Å². The van der Waals surface area contributed by atoms with Crippen molar-refractivity contribution in [2.45, 2.75) is 32.2 Å². The van der Waals surface area contributed by atoms with Crippen LogP contribution in [-0.4, -0.2) is 37.1 Å². The van der Waals surface area contributed by atoms with Gasteiger partial charge in [0.25, 0.3) is 0 Å². The second kappa shape index (κ2) is 6.18. The number of hydrogen-bond acceptors (Lipinski definition) is 4. The summed E-state index contributed by atoms with van der Waals surface area (Å²) in [6, 6.07) is 7.50. The van der Waals surface area contributed by atoms with Gasteiger partial charge in [0.15, 0.2) is 0 Å². The molecule has 0 aliphatic carbocycles. The van der Waals surface area contributed by atoms with E-state index in [0.717, 1.165) is 11.3 Å². The minimum atomic E-state index is -0.640. The largest absolute Gasteiger partial charge is 0.490 e. The maximum absolute atomic E-state index is 10.2. The minimum Gasteiger partial charge on any atom is -0.490 e. The van der Waals surface area contributed by atoms with Gasteiger partial charge in [0.2, 0.25) is 0 Å². The summed E-state index contributed by atoms with van der Waals surface area (Å²) in [6.07, 6.45) is -1.03. The van der Waals surface area contributed by atoms with Crippen molar-refractivity contribution in [3.05, 3.63) is 29.8 Å². The van der Waals surface area contributed by atoms with Crippen LogP contribution in [0, 0.1) is 0 Å². The van der Waals surface area contributed by atoms with Crippen molar-refractivity contribution in [1.29, 1.82) is 0 Å². The molecule has 0 aromatic heterocycles. The second-order valence-electron chi connectivity index (χ2n) is 4.44. The topological polar surface area (TPSA) is 47.9 Å². The quantitative estimate of drug-likeness (QED) is 0.869. The smallest absolute Gasteiger partial charge is 0.125 e. The molecule has 0 fully saturated rings. The van der Waals surface area contributed by atoms with Crippen LogP contribution in [-0.2, 0) is 9.47 Å². The number of rotatable bonds is 5. The summed E-state index contributed by atoms with van der Waals surface area (Å²) >= 11 is 0. The zero-order valence-electron chi connectivity index (χ0n) is 10.8. The van der Waals surface area contributed by atoms with Gasteiger partial charge in [-0.3, -0.25) is 0 Å². The maximum Gasteiger partial charge on any atom is 0.125 e. The molecule has 100 valence electrons. The molecule has 0 radical (unpaired) electrons. The first-order valence-corrected chi connectivity index (χ1v) is 6.35. The molecule has 0 saturated carbocycles. The fourth-order valence-electron chi connectivity index (χ4n) is 2.05. The SMILES string of the molecule is CCOCC(C)OC1COc2ccccc2C1O. The second-order valence-corrected chi connectivity index (χ2v) is 4.44. The summed E-state index contributed by atoms with van der Waals surface area (Å²) in [5.41, 5.74) is 0.789. The average Bonchev–Trinajstić information content (AvgIpc) is 2.40. The minimum absolute atomic E-state index is 0.0570. The lowest BCUT2D eigenvalue weighted by Gasteiger charge is -2.32. The number of hydrogen-bond donors (Lipinski definition) is 1. The Morgan fingerprint density at radius 2 is 2.22 bits per heavy atom. The molecule has 2 rings (SSSR count). The lowest BCUT2D eigenvalue weighted by Crippen LogP contribution is -2.36. The number of aliphatic hydroxyl groups excluding tert-OH is 1. The molecule has 4 heteroatoms. The summed E-state index contributed by atoms with van der Waals surface area (Å²) in [5.74, 6) is 0.738. The predicted octanol–water partition coefficient (Wildman–Crippen LogP) is 1.92. The molecule has 1 aliphatic rings. The summed E-state index contributed by atoms with van der Waals surface area (Å²) in [5, 5.41) is 10.2. The van der Waals surface area contributed by atoms with Crippen LogP contribution in [0.3, 0.4) is 0 Å². The van der Waals surface area contributed by atoms with E-state index in [0.29, 0.717) is 19.8 Å². The molecular weight excluding hydrogens is 232 g/mol. The van der Waals surface area contributed by atoms with Gasteiger partial charge in [-0.25, -0.2) is 0 Å². The summed E-state index contributed by atoms with van der Waals surface area (Å²) in [7, 11) is 0. The standard InChI is InChI=1S/C14H20O4/c1-3-16-8-10(2)18-13-9-17-12-7-5-4-6-11(12)14(13)15/h4-7,10,13-15H,3,8-9H2,1-2H3. The number of ether oxygens (including phenoxy) is 3. The molecule has 3 atom stereocenters. The molecule has 0 saturated heterocycles. The average molecular weight is 252 g/mol. The van der Waals surface area contributed by atoms with Gasteiger partial charge in [-0.05, 0) is 19.9 Å². The Bertz CT molecular complexity index is 380. The van der Waals surface area contributed by atoms with Crippen molar-refractivity contribution >= 4 is 0 Å². The van der Waals surface area contributed by atoms with Gasteiger partial charge in [0, 0.05) is 12.2 Å². The van der Waals surface area contributed by atoms with Crippen molar-refractivity contribution in [2.75, 3.05) is 19.8 Å². The molecule has 1 aromatic rings. The van der Waals surface area contributed by atoms with Gasteiger partial charge in [0.1, 0.15) is 24.6 Å². The van der Waals surface area contributed by atoms with Crippen LogP contribution in [0.2, 0.25) is 0 Å². The van der Waals surface area contributed by atoms with E-state index >= 15 is 0 Å². The summed E-state index contributed by atoms with van der Waals surface area (Å²) < 4.78 is 16.6. The molecule has 0 amide bonds. The first-order chi connectivity index (χ1) is 8.72. The third-order valence-corrected chi connectivity index (χ3v) is 2.96. The maximum atomic E-state index is 10.2. The molecule has 1 N–H and O–H groups in total. The highest BCUT2D eigenvalue weighted by Crippen LogP contribution is 2.33. The molecule has 0 bridgehead atoms. The Kier molecular flexibility index (Phi) is 4.58. The lowest BCUT2D eigenvalue weighted by molar-refractivity contribution is -0.117. The molecular formula is C14H20O4. The summed E-state index contributed by atoms with van der Waals surface area (Å²) in [4.78, 5) is 0. The summed E-state index contributed by atoms with van der Waals surface area (Å²) in [6.45, 7) is 5.45. The van der Waals surface area contributed by atoms with Crippen molar-refractivity contribution in [2.24, 2.45) is 0 Å². The highest BCUT2D eigenvalue weighted by atomic mass is 16.6. The first kappa shape index (κ1) is 13.3. The zero-order valence-corrected chi connectivity index (χ0v) is 10.8. The van der Waals surface area contributed by atoms with Crippen LogP contribution < -0.4 is 4.74 Å². The first-order valence-electron chi connectivity index (χ1n) is 6.35. The number of aliphatic hydroxyl groups is 1. The van der Waals surface area contributed by atoms with Crippen molar-refractivity contribution < 1.29 is 19.3 Å². The fraction of sp³-hybridized carbons (Fsp3) is 0.571. The Morgan fingerprint density at radius 3 is 3.00 bits per heavy atom. The van der Waals surface area contributed by atoms with E-state index in [9.17, 15) is 5.11 Å². The van der Waals surface area contributed by atoms with Crippen molar-refractivity contribution in [3.63, 3.8) is 0 Å². The van der Waals surface area contributed by atoms with E-state index in [2.05, 4.69) is 0 Å². The normalized spacial score (nSPS) is 24.2. The zero-order chi connectivity index (χ0) is 13.0. The van der Waals surface area contributed by atoms with Crippen LogP contribution in [0.15, 0.2) is 24.3 Å². The van der Waals surface area contributed by atoms with E-state index in [1.165, 1.54) is 0 Å². The monoisotopic (exact) mass is 252 g/mol. The lowest BCUT2D eigenvalue weighted by atomic mass is 10.0. The fourth-order valence-corrected chi connectivity index (χ4v) is 2.05. The van der Waals surface area contributed by atoms with Crippen LogP contribution >= 0.6 is 0 Å². The van der Waals surface area contributed by atoms with E-state index in [1.807, 2.05) is 38.1 Å². The van der Waals surface area contributed by atoms with Crippen LogP contribution in [0.1, 0.15) is 25.5 Å². The van der Waals surface area contributed by atoms with Crippen molar-refractivity contribution in [1.82, 2.24) is 0 Å². The molecule has 0 spiro atoms. The Labute approximate surface area is 107 Å². The molecule has 18 heavy (non-hydrogen) atoms. The van der Waals surface area contributed by atoms with E-state index < -0.39 is 6.10 Å². The molecule has 3 unspecified atom stereocenters. The number of fused-ring (bicyclic) bond motifs is 1. The van der Waals surface area contributed by atoms with Gasteiger partial charge in [0.05, 0.1) is 12.7 Å². The Morgan fingerprint density at radius 1 is 1.44 bits per heavy atom. The molecule has 1 aliphatic heterocycles. The van der Waals surface area contributed by atoms with Gasteiger partial charge < -0.3 is 19.3 Å². The Balaban J connectivity index is 1.96. The molecule has 1 heterocycles. The van der Waals surface area contributed by atoms with Gasteiger partial charge in [-0.1, -0.05) is 18.2 Å². The highest BCUT2D eigenvalue weighted by Gasteiger charge is 2.30. The van der Waals surface area contributed by atoms with Gasteiger partial charge in [-0.15, -0.1) is 0 Å². The van der Waals surface area contributed by atoms with E-state index in [1.54, 1.807) is 0 Å². The Hall–Kier alpha value is -1.10. The number of benzene rings is 1. The van der Waals surface area contributed by atoms with Gasteiger partial charge in [-0.2, -0.15) is 0 Å². The predicted molar refractivity (Wildman–Crippen MR) is 67.7 cm³/mol.